The highest BCUT2D eigenvalue weighted by Crippen LogP contribution is 2.17. The molecule has 0 amide bonds. The Morgan fingerprint density at radius 1 is 1.08 bits per heavy atom. The van der Waals surface area contributed by atoms with Gasteiger partial charge in [-0.05, 0) is 18.6 Å². The SMILES string of the molecule is CCCCCC#CC=CS(=O)(=O)N1CCN(c2ccccc2)CC1. The summed E-state index contributed by atoms with van der Waals surface area (Å²) in [6, 6.07) is 10.1. The average Bonchev–Trinajstić information content (AvgIpc) is 2.62. The number of unbranched alkanes of at least 4 members (excludes halogenated alkanes) is 3. The molecule has 0 spiro atoms. The Morgan fingerprint density at radius 2 is 1.79 bits per heavy atom. The molecule has 1 heterocycles. The second kappa shape index (κ2) is 9.51. The molecule has 0 N–H and O–H groups in total. The fourth-order valence-corrected chi connectivity index (χ4v) is 3.72. The maximum atomic E-state index is 12.3. The fraction of sp³-hybridized carbons (Fsp3) is 0.474. The van der Waals surface area contributed by atoms with Crippen LogP contribution in [0.5, 0.6) is 0 Å². The summed E-state index contributed by atoms with van der Waals surface area (Å²) in [6.45, 7) is 4.58. The molecule has 0 aliphatic carbocycles. The molecular weight excluding hydrogens is 320 g/mol. The van der Waals surface area contributed by atoms with Gasteiger partial charge in [0.2, 0.25) is 10.0 Å². The van der Waals surface area contributed by atoms with Gasteiger partial charge in [-0.25, -0.2) is 8.42 Å². The molecule has 2 rings (SSSR count). The molecule has 1 aromatic rings. The van der Waals surface area contributed by atoms with Crippen LogP contribution in [0, 0.1) is 11.8 Å². The predicted octanol–water partition coefficient (Wildman–Crippen LogP) is 3.24. The maximum Gasteiger partial charge on any atom is 0.236 e. The van der Waals surface area contributed by atoms with E-state index in [-0.39, 0.29) is 0 Å². The van der Waals surface area contributed by atoms with E-state index >= 15 is 0 Å². The van der Waals surface area contributed by atoms with Gasteiger partial charge in [-0.15, -0.1) is 0 Å². The van der Waals surface area contributed by atoms with Gasteiger partial charge in [-0.3, -0.25) is 0 Å². The van der Waals surface area contributed by atoms with Gasteiger partial charge in [-0.1, -0.05) is 49.8 Å². The lowest BCUT2D eigenvalue weighted by Gasteiger charge is -2.34. The van der Waals surface area contributed by atoms with Gasteiger partial charge in [0.1, 0.15) is 0 Å². The van der Waals surface area contributed by atoms with Crippen molar-refractivity contribution in [2.24, 2.45) is 0 Å². The lowest BCUT2D eigenvalue weighted by Crippen LogP contribution is -2.48. The highest BCUT2D eigenvalue weighted by Gasteiger charge is 2.24. The van der Waals surface area contributed by atoms with Crippen molar-refractivity contribution in [2.75, 3.05) is 31.1 Å². The molecule has 1 aliphatic heterocycles. The summed E-state index contributed by atoms with van der Waals surface area (Å²) in [5.74, 6) is 5.82. The van der Waals surface area contributed by atoms with Crippen molar-refractivity contribution in [1.82, 2.24) is 4.31 Å². The summed E-state index contributed by atoms with van der Waals surface area (Å²) in [4.78, 5) is 2.21. The Hall–Kier alpha value is -1.77. The molecule has 1 fully saturated rings. The van der Waals surface area contributed by atoms with Crippen LogP contribution in [0.2, 0.25) is 0 Å². The molecule has 0 bridgehead atoms. The number of para-hydroxylation sites is 1. The molecule has 0 radical (unpaired) electrons. The van der Waals surface area contributed by atoms with E-state index in [2.05, 4.69) is 35.8 Å². The maximum absolute atomic E-state index is 12.3. The first-order valence-electron chi connectivity index (χ1n) is 8.58. The van der Waals surface area contributed by atoms with Crippen LogP contribution in [-0.2, 0) is 10.0 Å². The first-order valence-corrected chi connectivity index (χ1v) is 10.1. The van der Waals surface area contributed by atoms with Gasteiger partial charge in [0.25, 0.3) is 0 Å². The fourth-order valence-electron chi connectivity index (χ4n) is 2.64. The van der Waals surface area contributed by atoms with E-state index in [1.54, 1.807) is 0 Å². The zero-order valence-corrected chi connectivity index (χ0v) is 15.1. The molecule has 4 nitrogen and oxygen atoms in total. The van der Waals surface area contributed by atoms with E-state index in [4.69, 9.17) is 0 Å². The van der Waals surface area contributed by atoms with Crippen molar-refractivity contribution in [3.05, 3.63) is 41.8 Å². The molecule has 5 heteroatoms. The number of allylic oxidation sites excluding steroid dienone is 1. The molecule has 24 heavy (non-hydrogen) atoms. The first kappa shape index (κ1) is 18.6. The molecule has 1 aliphatic rings. The Bertz CT molecular complexity index is 679. The van der Waals surface area contributed by atoms with E-state index in [1.165, 1.54) is 28.6 Å². The van der Waals surface area contributed by atoms with Crippen LogP contribution in [0.25, 0.3) is 0 Å². The number of nitrogens with zero attached hydrogens (tertiary/aromatic N) is 2. The molecule has 0 unspecified atom stereocenters. The number of hydrogen-bond donors (Lipinski definition) is 0. The summed E-state index contributed by atoms with van der Waals surface area (Å²) < 4.78 is 26.2. The number of piperazine rings is 1. The van der Waals surface area contributed by atoms with Gasteiger partial charge in [0.15, 0.2) is 0 Å². The van der Waals surface area contributed by atoms with Crippen LogP contribution < -0.4 is 4.90 Å². The summed E-state index contributed by atoms with van der Waals surface area (Å²) >= 11 is 0. The van der Waals surface area contributed by atoms with E-state index < -0.39 is 10.0 Å². The quantitative estimate of drug-likeness (QED) is 0.586. The van der Waals surface area contributed by atoms with Crippen molar-refractivity contribution >= 4 is 15.7 Å². The minimum absolute atomic E-state index is 0.505. The van der Waals surface area contributed by atoms with E-state index in [9.17, 15) is 8.42 Å². The van der Waals surface area contributed by atoms with Crippen LogP contribution in [0.15, 0.2) is 41.8 Å². The second-order valence-corrected chi connectivity index (χ2v) is 7.67. The predicted molar refractivity (Wildman–Crippen MR) is 100 cm³/mol. The van der Waals surface area contributed by atoms with Crippen molar-refractivity contribution in [2.45, 2.75) is 32.6 Å². The van der Waals surface area contributed by atoms with Crippen molar-refractivity contribution < 1.29 is 8.42 Å². The van der Waals surface area contributed by atoms with Crippen LogP contribution in [-0.4, -0.2) is 38.9 Å². The van der Waals surface area contributed by atoms with E-state index in [0.29, 0.717) is 26.2 Å². The highest BCUT2D eigenvalue weighted by atomic mass is 32.2. The third-order valence-electron chi connectivity index (χ3n) is 4.05. The Kier molecular flexibility index (Phi) is 7.36. The number of rotatable bonds is 6. The van der Waals surface area contributed by atoms with Crippen molar-refractivity contribution in [1.29, 1.82) is 0 Å². The zero-order valence-electron chi connectivity index (χ0n) is 14.3. The number of anilines is 1. The Labute approximate surface area is 146 Å². The summed E-state index contributed by atoms with van der Waals surface area (Å²) in [6.07, 6.45) is 5.70. The third-order valence-corrected chi connectivity index (χ3v) is 5.62. The molecule has 0 atom stereocenters. The van der Waals surface area contributed by atoms with Gasteiger partial charge in [0.05, 0.1) is 5.41 Å². The average molecular weight is 346 g/mol. The Morgan fingerprint density at radius 3 is 2.46 bits per heavy atom. The monoisotopic (exact) mass is 346 g/mol. The normalized spacial score (nSPS) is 16.1. The topological polar surface area (TPSA) is 40.6 Å². The standard InChI is InChI=1S/C19H26N2O2S/c1-2-3-4-5-6-7-11-18-24(22,23)21-16-14-20(15-17-21)19-12-9-8-10-13-19/h8-13,18H,2-5,14-17H2,1H3. The number of sulfonamides is 1. The third kappa shape index (κ3) is 5.70. The summed E-state index contributed by atoms with van der Waals surface area (Å²) in [5, 5.41) is 1.23. The van der Waals surface area contributed by atoms with Gasteiger partial charge < -0.3 is 4.90 Å². The first-order chi connectivity index (χ1) is 11.6. The largest absolute Gasteiger partial charge is 0.369 e. The van der Waals surface area contributed by atoms with Crippen molar-refractivity contribution in [3.63, 3.8) is 0 Å². The molecule has 1 saturated heterocycles. The smallest absolute Gasteiger partial charge is 0.236 e. The molecule has 1 aromatic carbocycles. The minimum atomic E-state index is -3.36. The molecular formula is C19H26N2O2S. The van der Waals surface area contributed by atoms with Gasteiger partial charge >= 0.3 is 0 Å². The molecule has 130 valence electrons. The van der Waals surface area contributed by atoms with Gasteiger partial charge in [-0.2, -0.15) is 4.31 Å². The second-order valence-electron chi connectivity index (χ2n) is 5.85. The number of hydrogen-bond acceptors (Lipinski definition) is 3. The van der Waals surface area contributed by atoms with E-state index in [0.717, 1.165) is 18.5 Å². The summed E-state index contributed by atoms with van der Waals surface area (Å²) in [7, 11) is -3.36. The van der Waals surface area contributed by atoms with E-state index in [1.807, 2.05) is 18.2 Å². The molecule has 0 saturated carbocycles. The van der Waals surface area contributed by atoms with Crippen molar-refractivity contribution in [3.8, 4) is 11.8 Å². The lowest BCUT2D eigenvalue weighted by atomic mass is 10.2. The van der Waals surface area contributed by atoms with Gasteiger partial charge in [0, 0.05) is 44.4 Å². The van der Waals surface area contributed by atoms with Crippen LogP contribution >= 0.6 is 0 Å². The lowest BCUT2D eigenvalue weighted by molar-refractivity contribution is 0.390. The molecule has 0 aromatic heterocycles. The van der Waals surface area contributed by atoms with Crippen LogP contribution in [0.1, 0.15) is 32.6 Å². The minimum Gasteiger partial charge on any atom is -0.369 e. The highest BCUT2D eigenvalue weighted by molar-refractivity contribution is 7.92. The Balaban J connectivity index is 1.83. The van der Waals surface area contributed by atoms with Crippen LogP contribution in [0.3, 0.4) is 0 Å². The zero-order chi connectivity index (χ0) is 17.3. The number of benzene rings is 1. The summed E-state index contributed by atoms with van der Waals surface area (Å²) in [5.41, 5.74) is 1.14. The van der Waals surface area contributed by atoms with Crippen LogP contribution in [0.4, 0.5) is 5.69 Å².